The molecule has 0 aliphatic heterocycles. The van der Waals surface area contributed by atoms with Crippen LogP contribution in [0.15, 0.2) is 42.5 Å². The van der Waals surface area contributed by atoms with Gasteiger partial charge >= 0.3 is 0 Å². The quantitative estimate of drug-likeness (QED) is 0.934. The molecule has 0 aromatic heterocycles. The summed E-state index contributed by atoms with van der Waals surface area (Å²) in [5.41, 5.74) is 3.47. The third-order valence-electron chi connectivity index (χ3n) is 3.86. The van der Waals surface area contributed by atoms with Crippen molar-refractivity contribution in [3.63, 3.8) is 0 Å². The van der Waals surface area contributed by atoms with Crippen LogP contribution in [0.3, 0.4) is 0 Å². The molecule has 1 aliphatic rings. The molecule has 0 radical (unpaired) electrons. The van der Waals surface area contributed by atoms with Gasteiger partial charge < -0.3 is 10.1 Å². The van der Waals surface area contributed by atoms with Gasteiger partial charge in [0, 0.05) is 5.69 Å². The minimum absolute atomic E-state index is 0.220. The van der Waals surface area contributed by atoms with Gasteiger partial charge in [0.15, 0.2) is 6.10 Å². The Hall–Kier alpha value is -2.36. The van der Waals surface area contributed by atoms with Gasteiger partial charge in [-0.3, -0.25) is 4.79 Å². The molecule has 4 heteroatoms. The van der Waals surface area contributed by atoms with E-state index in [1.165, 1.54) is 41.8 Å². The van der Waals surface area contributed by atoms with Crippen LogP contribution in [0.4, 0.5) is 10.1 Å². The van der Waals surface area contributed by atoms with E-state index >= 15 is 0 Å². The molecule has 22 heavy (non-hydrogen) atoms. The maximum atomic E-state index is 12.8. The van der Waals surface area contributed by atoms with Gasteiger partial charge in [0.25, 0.3) is 5.91 Å². The number of carbonyl (C=O) groups is 1. The van der Waals surface area contributed by atoms with E-state index in [2.05, 4.69) is 11.4 Å². The van der Waals surface area contributed by atoms with E-state index in [0.29, 0.717) is 5.75 Å². The number of amides is 1. The summed E-state index contributed by atoms with van der Waals surface area (Å²) in [6.07, 6.45) is 2.71. The predicted molar refractivity (Wildman–Crippen MR) is 83.6 cm³/mol. The van der Waals surface area contributed by atoms with Gasteiger partial charge in [0.1, 0.15) is 11.6 Å². The van der Waals surface area contributed by atoms with Crippen molar-refractivity contribution < 1.29 is 13.9 Å². The minimum atomic E-state index is -0.654. The first-order valence-electron chi connectivity index (χ1n) is 7.47. The van der Waals surface area contributed by atoms with Crippen molar-refractivity contribution in [3.8, 4) is 5.75 Å². The molecule has 1 atom stereocenters. The molecule has 2 aromatic rings. The Bertz CT molecular complexity index is 682. The topological polar surface area (TPSA) is 38.3 Å². The van der Waals surface area contributed by atoms with Crippen molar-refractivity contribution >= 4 is 11.6 Å². The zero-order valence-electron chi connectivity index (χ0n) is 12.4. The molecular weight excluding hydrogens is 281 g/mol. The molecule has 3 nitrogen and oxygen atoms in total. The van der Waals surface area contributed by atoms with Crippen molar-refractivity contribution in [2.75, 3.05) is 5.32 Å². The maximum Gasteiger partial charge on any atom is 0.265 e. The van der Waals surface area contributed by atoms with E-state index < -0.39 is 6.10 Å². The lowest BCUT2D eigenvalue weighted by molar-refractivity contribution is -0.122. The Labute approximate surface area is 129 Å². The molecule has 0 saturated carbocycles. The summed E-state index contributed by atoms with van der Waals surface area (Å²) in [7, 11) is 0. The largest absolute Gasteiger partial charge is 0.481 e. The van der Waals surface area contributed by atoms with Gasteiger partial charge in [-0.05, 0) is 73.7 Å². The average Bonchev–Trinajstić information content (AvgIpc) is 2.97. The van der Waals surface area contributed by atoms with Gasteiger partial charge in [-0.1, -0.05) is 6.07 Å². The lowest BCUT2D eigenvalue weighted by atomic mass is 10.1. The number of carbonyl (C=O) groups excluding carboxylic acids is 1. The number of aryl methyl sites for hydroxylation is 2. The van der Waals surface area contributed by atoms with Gasteiger partial charge in [-0.25, -0.2) is 4.39 Å². The maximum absolute atomic E-state index is 12.8. The second-order valence-corrected chi connectivity index (χ2v) is 5.54. The summed E-state index contributed by atoms with van der Waals surface area (Å²) in [6, 6.07) is 11.7. The molecular formula is C18H18FNO2. The van der Waals surface area contributed by atoms with Gasteiger partial charge in [-0.15, -0.1) is 0 Å². The lowest BCUT2D eigenvalue weighted by Gasteiger charge is -2.15. The Kier molecular flexibility index (Phi) is 4.09. The third kappa shape index (κ3) is 3.27. The highest BCUT2D eigenvalue weighted by molar-refractivity contribution is 5.94. The van der Waals surface area contributed by atoms with Crippen LogP contribution in [0.5, 0.6) is 5.75 Å². The van der Waals surface area contributed by atoms with Crippen LogP contribution in [-0.4, -0.2) is 12.0 Å². The second-order valence-electron chi connectivity index (χ2n) is 5.54. The minimum Gasteiger partial charge on any atom is -0.481 e. The lowest BCUT2D eigenvalue weighted by Crippen LogP contribution is -2.30. The monoisotopic (exact) mass is 299 g/mol. The normalized spacial score (nSPS) is 14.3. The number of anilines is 1. The summed E-state index contributed by atoms with van der Waals surface area (Å²) < 4.78 is 18.4. The van der Waals surface area contributed by atoms with E-state index in [0.717, 1.165) is 18.5 Å². The molecule has 0 saturated heterocycles. The zero-order valence-corrected chi connectivity index (χ0v) is 12.4. The van der Waals surface area contributed by atoms with Crippen molar-refractivity contribution in [3.05, 3.63) is 59.4 Å². The van der Waals surface area contributed by atoms with Crippen LogP contribution in [0.1, 0.15) is 24.5 Å². The highest BCUT2D eigenvalue weighted by Gasteiger charge is 2.16. The summed E-state index contributed by atoms with van der Waals surface area (Å²) in [5, 5.41) is 2.87. The summed E-state index contributed by atoms with van der Waals surface area (Å²) in [4.78, 5) is 12.2. The smallest absolute Gasteiger partial charge is 0.265 e. The predicted octanol–water partition coefficient (Wildman–Crippen LogP) is 3.72. The molecule has 114 valence electrons. The summed E-state index contributed by atoms with van der Waals surface area (Å²) in [5.74, 6) is -0.0807. The SMILES string of the molecule is C[C@@H](Oc1ccc(F)cc1)C(=O)Nc1ccc2c(c1)CCC2. The number of ether oxygens (including phenoxy) is 1. The molecule has 1 aliphatic carbocycles. The molecule has 1 N–H and O–H groups in total. The van der Waals surface area contributed by atoms with Crippen molar-refractivity contribution in [1.82, 2.24) is 0 Å². The Balaban J connectivity index is 1.62. The number of hydrogen-bond acceptors (Lipinski definition) is 2. The fraction of sp³-hybridized carbons (Fsp3) is 0.278. The van der Waals surface area contributed by atoms with E-state index in [1.807, 2.05) is 12.1 Å². The molecule has 0 heterocycles. The highest BCUT2D eigenvalue weighted by atomic mass is 19.1. The molecule has 3 rings (SSSR count). The van der Waals surface area contributed by atoms with Crippen molar-refractivity contribution in [1.29, 1.82) is 0 Å². The van der Waals surface area contributed by atoms with E-state index in [9.17, 15) is 9.18 Å². The third-order valence-corrected chi connectivity index (χ3v) is 3.86. The first-order chi connectivity index (χ1) is 10.6. The number of fused-ring (bicyclic) bond motifs is 1. The number of rotatable bonds is 4. The average molecular weight is 299 g/mol. The molecule has 2 aromatic carbocycles. The number of hydrogen-bond donors (Lipinski definition) is 1. The fourth-order valence-electron chi connectivity index (χ4n) is 2.66. The van der Waals surface area contributed by atoms with Crippen molar-refractivity contribution in [2.24, 2.45) is 0 Å². The zero-order chi connectivity index (χ0) is 15.5. The van der Waals surface area contributed by atoms with E-state index in [1.54, 1.807) is 6.92 Å². The second kappa shape index (κ2) is 6.18. The first-order valence-corrected chi connectivity index (χ1v) is 7.47. The molecule has 1 amide bonds. The van der Waals surface area contributed by atoms with Crippen LogP contribution in [-0.2, 0) is 17.6 Å². The molecule has 0 spiro atoms. The summed E-state index contributed by atoms with van der Waals surface area (Å²) in [6.45, 7) is 1.67. The summed E-state index contributed by atoms with van der Waals surface area (Å²) >= 11 is 0. The van der Waals surface area contributed by atoms with E-state index in [-0.39, 0.29) is 11.7 Å². The molecule has 0 unspecified atom stereocenters. The fourth-order valence-corrected chi connectivity index (χ4v) is 2.66. The van der Waals surface area contributed by atoms with Gasteiger partial charge in [0.05, 0.1) is 0 Å². The van der Waals surface area contributed by atoms with Crippen LogP contribution in [0, 0.1) is 5.82 Å². The Morgan fingerprint density at radius 3 is 2.64 bits per heavy atom. The molecule has 0 bridgehead atoms. The number of benzene rings is 2. The highest BCUT2D eigenvalue weighted by Crippen LogP contribution is 2.25. The van der Waals surface area contributed by atoms with Crippen LogP contribution in [0.2, 0.25) is 0 Å². The molecule has 0 fully saturated rings. The van der Waals surface area contributed by atoms with Crippen LogP contribution < -0.4 is 10.1 Å². The van der Waals surface area contributed by atoms with Crippen molar-refractivity contribution in [2.45, 2.75) is 32.3 Å². The Morgan fingerprint density at radius 1 is 1.14 bits per heavy atom. The standard InChI is InChI=1S/C18H18FNO2/c1-12(22-17-9-6-15(19)7-10-17)18(21)20-16-8-5-13-3-2-4-14(13)11-16/h5-12H,2-4H2,1H3,(H,20,21)/t12-/m1/s1. The number of halogens is 1. The Morgan fingerprint density at radius 2 is 1.86 bits per heavy atom. The van der Waals surface area contributed by atoms with E-state index in [4.69, 9.17) is 4.74 Å². The number of nitrogens with one attached hydrogen (secondary N) is 1. The van der Waals surface area contributed by atoms with Gasteiger partial charge in [0.2, 0.25) is 0 Å². The van der Waals surface area contributed by atoms with Crippen LogP contribution in [0.25, 0.3) is 0 Å². The first kappa shape index (κ1) is 14.6. The van der Waals surface area contributed by atoms with Crippen LogP contribution >= 0.6 is 0 Å². The van der Waals surface area contributed by atoms with Gasteiger partial charge in [-0.2, -0.15) is 0 Å².